The molecule has 0 aromatic heterocycles. The van der Waals surface area contributed by atoms with Crippen LogP contribution in [0, 0.1) is 10.1 Å². The lowest BCUT2D eigenvalue weighted by atomic mass is 10.3. The Kier molecular flexibility index (Phi) is 3.30. The summed E-state index contributed by atoms with van der Waals surface area (Å²) in [5, 5.41) is 10.6. The molecule has 5 heteroatoms. The molecule has 0 amide bonds. The van der Waals surface area contributed by atoms with Gasteiger partial charge in [-0.05, 0) is 18.2 Å². The highest BCUT2D eigenvalue weighted by Crippen LogP contribution is 2.20. The van der Waals surface area contributed by atoms with Gasteiger partial charge in [-0.3, -0.25) is 10.1 Å². The summed E-state index contributed by atoms with van der Waals surface area (Å²) in [6, 6.07) is 14.7. The minimum Gasteiger partial charge on any atom is -0.258 e. The number of benzene rings is 2. The second-order valence-corrected chi connectivity index (χ2v) is 4.82. The van der Waals surface area contributed by atoms with Gasteiger partial charge < -0.3 is 0 Å². The maximum absolute atomic E-state index is 12.1. The van der Waals surface area contributed by atoms with Crippen LogP contribution >= 0.6 is 0 Å². The summed E-state index contributed by atoms with van der Waals surface area (Å²) in [4.78, 5) is 11.2. The normalized spacial score (nSPS) is 12.0. The molecule has 1 unspecified atom stereocenters. The van der Waals surface area contributed by atoms with Crippen molar-refractivity contribution in [2.45, 2.75) is 9.79 Å². The molecule has 0 aliphatic heterocycles. The number of hydrogen-bond donors (Lipinski definition) is 0. The summed E-state index contributed by atoms with van der Waals surface area (Å²) in [6.07, 6.45) is 0. The first-order chi connectivity index (χ1) is 8.18. The highest BCUT2D eigenvalue weighted by Gasteiger charge is 2.11. The fourth-order valence-corrected chi connectivity index (χ4v) is 2.50. The largest absolute Gasteiger partial charge is 0.270 e. The lowest BCUT2D eigenvalue weighted by Gasteiger charge is -2.01. The molecule has 0 bridgehead atoms. The molecule has 86 valence electrons. The number of rotatable bonds is 3. The van der Waals surface area contributed by atoms with Gasteiger partial charge in [0.05, 0.1) is 20.6 Å². The van der Waals surface area contributed by atoms with Crippen LogP contribution in [0.3, 0.4) is 0 Å². The molecule has 2 rings (SSSR count). The lowest BCUT2D eigenvalue weighted by Crippen LogP contribution is -1.94. The number of nitro benzene ring substituents is 1. The fourth-order valence-electron chi connectivity index (χ4n) is 1.39. The third-order valence-corrected chi connectivity index (χ3v) is 3.58. The number of nitro groups is 1. The molecular formula is C12H9NO3S. The van der Waals surface area contributed by atoms with Crippen LogP contribution in [0.1, 0.15) is 0 Å². The molecule has 4 nitrogen and oxygen atoms in total. The van der Waals surface area contributed by atoms with Crippen LogP contribution in [0.2, 0.25) is 0 Å². The van der Waals surface area contributed by atoms with Crippen molar-refractivity contribution in [1.82, 2.24) is 0 Å². The number of non-ortho nitro benzene ring substituents is 1. The van der Waals surface area contributed by atoms with Crippen molar-refractivity contribution < 1.29 is 9.13 Å². The molecule has 0 aliphatic rings. The highest BCUT2D eigenvalue weighted by molar-refractivity contribution is 7.85. The van der Waals surface area contributed by atoms with Crippen molar-refractivity contribution in [3.63, 3.8) is 0 Å². The van der Waals surface area contributed by atoms with Gasteiger partial charge in [-0.25, -0.2) is 4.21 Å². The predicted octanol–water partition coefficient (Wildman–Crippen LogP) is 2.76. The van der Waals surface area contributed by atoms with Gasteiger partial charge in [0.15, 0.2) is 0 Å². The standard InChI is InChI=1S/C12H9NO3S/c14-13(15)10-5-4-8-12(9-10)17(16)11-6-2-1-3-7-11/h1-9H. The first kappa shape index (κ1) is 11.5. The molecule has 1 atom stereocenters. The van der Waals surface area contributed by atoms with Crippen LogP contribution in [-0.4, -0.2) is 9.13 Å². The first-order valence-corrected chi connectivity index (χ1v) is 6.05. The van der Waals surface area contributed by atoms with Crippen molar-refractivity contribution in [3.8, 4) is 0 Å². The van der Waals surface area contributed by atoms with Crippen molar-refractivity contribution in [2.24, 2.45) is 0 Å². The minimum atomic E-state index is -1.38. The summed E-state index contributed by atoms with van der Waals surface area (Å²) < 4.78 is 12.1. The van der Waals surface area contributed by atoms with Gasteiger partial charge in [0, 0.05) is 17.0 Å². The number of nitrogens with zero attached hydrogens (tertiary/aromatic N) is 1. The minimum absolute atomic E-state index is 0.0493. The van der Waals surface area contributed by atoms with Gasteiger partial charge in [0.2, 0.25) is 0 Å². The Balaban J connectivity index is 2.38. The second kappa shape index (κ2) is 4.88. The molecule has 0 fully saturated rings. The Morgan fingerprint density at radius 1 is 0.941 bits per heavy atom. The molecule has 0 heterocycles. The Morgan fingerprint density at radius 2 is 1.59 bits per heavy atom. The smallest absolute Gasteiger partial charge is 0.258 e. The fraction of sp³-hybridized carbons (Fsp3) is 0. The monoisotopic (exact) mass is 247 g/mol. The summed E-state index contributed by atoms with van der Waals surface area (Å²) in [5.41, 5.74) is -0.0493. The zero-order chi connectivity index (χ0) is 12.3. The van der Waals surface area contributed by atoms with E-state index in [1.807, 2.05) is 6.07 Å². The Morgan fingerprint density at radius 3 is 2.24 bits per heavy atom. The molecular weight excluding hydrogens is 238 g/mol. The van der Waals surface area contributed by atoms with E-state index in [9.17, 15) is 14.3 Å². The summed E-state index contributed by atoms with van der Waals surface area (Å²) in [7, 11) is -1.38. The maximum atomic E-state index is 12.1. The van der Waals surface area contributed by atoms with E-state index in [1.54, 1.807) is 30.3 Å². The van der Waals surface area contributed by atoms with Crippen LogP contribution in [0.5, 0.6) is 0 Å². The topological polar surface area (TPSA) is 60.2 Å². The maximum Gasteiger partial charge on any atom is 0.270 e. The summed E-state index contributed by atoms with van der Waals surface area (Å²) >= 11 is 0. The molecule has 0 saturated carbocycles. The van der Waals surface area contributed by atoms with E-state index in [-0.39, 0.29) is 5.69 Å². The van der Waals surface area contributed by atoms with E-state index < -0.39 is 15.7 Å². The molecule has 0 saturated heterocycles. The van der Waals surface area contributed by atoms with Gasteiger partial charge in [0.1, 0.15) is 0 Å². The third kappa shape index (κ3) is 2.57. The van der Waals surface area contributed by atoms with E-state index in [0.717, 1.165) is 0 Å². The van der Waals surface area contributed by atoms with Crippen molar-refractivity contribution in [1.29, 1.82) is 0 Å². The number of hydrogen-bond acceptors (Lipinski definition) is 3. The van der Waals surface area contributed by atoms with Gasteiger partial charge in [-0.1, -0.05) is 24.3 Å². The van der Waals surface area contributed by atoms with Crippen LogP contribution in [-0.2, 0) is 10.8 Å². The molecule has 2 aromatic rings. The lowest BCUT2D eigenvalue weighted by molar-refractivity contribution is -0.385. The molecule has 0 radical (unpaired) electrons. The Hall–Kier alpha value is -2.01. The Bertz CT molecular complexity index is 569. The van der Waals surface area contributed by atoms with E-state index in [2.05, 4.69) is 0 Å². The first-order valence-electron chi connectivity index (χ1n) is 4.90. The average Bonchev–Trinajstić information content (AvgIpc) is 2.39. The van der Waals surface area contributed by atoms with Gasteiger partial charge in [-0.2, -0.15) is 0 Å². The zero-order valence-electron chi connectivity index (χ0n) is 8.78. The van der Waals surface area contributed by atoms with E-state index >= 15 is 0 Å². The van der Waals surface area contributed by atoms with Gasteiger partial charge >= 0.3 is 0 Å². The predicted molar refractivity (Wildman–Crippen MR) is 64.2 cm³/mol. The van der Waals surface area contributed by atoms with E-state index in [1.165, 1.54) is 18.2 Å². The SMILES string of the molecule is O=[N+]([O-])c1cccc(S(=O)c2ccccc2)c1. The second-order valence-electron chi connectivity index (χ2n) is 3.34. The van der Waals surface area contributed by atoms with Gasteiger partial charge in [-0.15, -0.1) is 0 Å². The molecule has 2 aromatic carbocycles. The molecule has 0 aliphatic carbocycles. The van der Waals surface area contributed by atoms with Crippen LogP contribution < -0.4 is 0 Å². The molecule has 0 spiro atoms. The van der Waals surface area contributed by atoms with E-state index in [0.29, 0.717) is 9.79 Å². The summed E-state index contributed by atoms with van der Waals surface area (Å²) in [5.74, 6) is 0. The van der Waals surface area contributed by atoms with E-state index in [4.69, 9.17) is 0 Å². The molecule has 0 N–H and O–H groups in total. The van der Waals surface area contributed by atoms with Crippen molar-refractivity contribution in [2.75, 3.05) is 0 Å². The van der Waals surface area contributed by atoms with Crippen molar-refractivity contribution in [3.05, 3.63) is 64.7 Å². The Labute approximate surface area is 101 Å². The highest BCUT2D eigenvalue weighted by atomic mass is 32.2. The van der Waals surface area contributed by atoms with Crippen molar-refractivity contribution >= 4 is 16.5 Å². The zero-order valence-corrected chi connectivity index (χ0v) is 9.59. The third-order valence-electron chi connectivity index (χ3n) is 2.20. The van der Waals surface area contributed by atoms with Crippen LogP contribution in [0.15, 0.2) is 64.4 Å². The summed E-state index contributed by atoms with van der Waals surface area (Å²) in [6.45, 7) is 0. The van der Waals surface area contributed by atoms with Crippen LogP contribution in [0.25, 0.3) is 0 Å². The average molecular weight is 247 g/mol. The molecule has 17 heavy (non-hydrogen) atoms. The quantitative estimate of drug-likeness (QED) is 0.619. The van der Waals surface area contributed by atoms with Gasteiger partial charge in [0.25, 0.3) is 5.69 Å². The van der Waals surface area contributed by atoms with Crippen LogP contribution in [0.4, 0.5) is 5.69 Å².